The van der Waals surface area contributed by atoms with Gasteiger partial charge in [0.05, 0.1) is 24.4 Å². The summed E-state index contributed by atoms with van der Waals surface area (Å²) < 4.78 is 23.9. The summed E-state index contributed by atoms with van der Waals surface area (Å²) in [5, 5.41) is 73.2. The molecule has 4 aliphatic rings. The van der Waals surface area contributed by atoms with Gasteiger partial charge in [-0.15, -0.1) is 6.58 Å². The summed E-state index contributed by atoms with van der Waals surface area (Å²) in [5.74, 6) is 0.470. The topological polar surface area (TPSA) is 179 Å². The molecule has 0 unspecified atom stereocenters. The number of allylic oxidation sites excluding steroid dienone is 1. The molecular formula is C32H54O11. The van der Waals surface area contributed by atoms with Gasteiger partial charge in [0.2, 0.25) is 0 Å². The highest BCUT2D eigenvalue weighted by molar-refractivity contribution is 5.24. The smallest absolute Gasteiger partial charge is 0.187 e. The van der Waals surface area contributed by atoms with Crippen LogP contribution in [-0.2, 0) is 18.9 Å². The molecule has 248 valence electrons. The van der Waals surface area contributed by atoms with Crippen LogP contribution in [0.2, 0.25) is 0 Å². The van der Waals surface area contributed by atoms with Gasteiger partial charge in [-0.05, 0) is 70.1 Å². The van der Waals surface area contributed by atoms with Crippen molar-refractivity contribution in [2.75, 3.05) is 6.61 Å². The van der Waals surface area contributed by atoms with E-state index in [1.54, 1.807) is 19.9 Å². The normalized spacial score (nSPS) is 50.3. The number of rotatable bonds is 9. The molecule has 0 bridgehead atoms. The third-order valence-electron chi connectivity index (χ3n) is 11.5. The summed E-state index contributed by atoms with van der Waals surface area (Å²) in [7, 11) is 0. The lowest BCUT2D eigenvalue weighted by atomic mass is 9.45. The number of ether oxygens (including phenoxy) is 4. The lowest BCUT2D eigenvalue weighted by molar-refractivity contribution is -0.364. The van der Waals surface area contributed by atoms with Crippen molar-refractivity contribution in [3.05, 3.63) is 24.3 Å². The summed E-state index contributed by atoms with van der Waals surface area (Å²) >= 11 is 0. The molecule has 1 saturated carbocycles. The molecule has 0 spiro atoms. The van der Waals surface area contributed by atoms with Gasteiger partial charge in [-0.3, -0.25) is 0 Å². The van der Waals surface area contributed by atoms with Gasteiger partial charge in [0.15, 0.2) is 12.6 Å². The maximum absolute atomic E-state index is 11.2. The zero-order chi connectivity index (χ0) is 32.1. The second-order valence-corrected chi connectivity index (χ2v) is 14.1. The minimum atomic E-state index is -1.66. The van der Waals surface area contributed by atoms with Crippen molar-refractivity contribution in [2.45, 2.75) is 147 Å². The summed E-state index contributed by atoms with van der Waals surface area (Å²) in [4.78, 5) is 0. The van der Waals surface area contributed by atoms with Crippen LogP contribution in [0.15, 0.2) is 24.3 Å². The largest absolute Gasteiger partial charge is 0.394 e. The van der Waals surface area contributed by atoms with E-state index in [9.17, 15) is 35.7 Å². The van der Waals surface area contributed by atoms with Crippen LogP contribution in [0.1, 0.15) is 73.6 Å². The Morgan fingerprint density at radius 2 is 1.63 bits per heavy atom. The van der Waals surface area contributed by atoms with Crippen LogP contribution in [-0.4, -0.2) is 115 Å². The SMILES string of the molecule is C=C[C@@](C)(O)CC[C@@]1(C)[C@H](C)C[C@H](O[C@@H]2O[C@@H](C)[C@H](O[C@@H]3O[C@H](CO)[C@@H](O)[C@H](O)[C@H]3O)[C@@H](O)[C@H]2O)[C@@]2(C)C(C)=CCC[C@H]12. The molecule has 2 aliphatic carbocycles. The summed E-state index contributed by atoms with van der Waals surface area (Å²) in [6.07, 6.45) is -6.07. The van der Waals surface area contributed by atoms with Gasteiger partial charge in [0.25, 0.3) is 0 Å². The zero-order valence-electron chi connectivity index (χ0n) is 26.4. The first kappa shape index (κ1) is 34.9. The van der Waals surface area contributed by atoms with Gasteiger partial charge >= 0.3 is 0 Å². The van der Waals surface area contributed by atoms with Crippen molar-refractivity contribution in [2.24, 2.45) is 22.7 Å². The van der Waals surface area contributed by atoms with Crippen LogP contribution in [0, 0.1) is 22.7 Å². The minimum absolute atomic E-state index is 0.0830. The van der Waals surface area contributed by atoms with Crippen LogP contribution in [0.25, 0.3) is 0 Å². The molecule has 0 aromatic heterocycles. The Morgan fingerprint density at radius 1 is 1.00 bits per heavy atom. The number of fused-ring (bicyclic) bond motifs is 1. The second kappa shape index (κ2) is 13.0. The second-order valence-electron chi connectivity index (χ2n) is 14.1. The Balaban J connectivity index is 1.51. The fourth-order valence-electron chi connectivity index (χ4n) is 7.98. The van der Waals surface area contributed by atoms with E-state index in [-0.39, 0.29) is 28.8 Å². The Hall–Kier alpha value is -0.960. The summed E-state index contributed by atoms with van der Waals surface area (Å²) in [6.45, 7) is 15.5. The first-order valence-corrected chi connectivity index (χ1v) is 15.7. The molecule has 16 atom stereocenters. The molecule has 11 heteroatoms. The van der Waals surface area contributed by atoms with Crippen LogP contribution < -0.4 is 0 Å². The average Bonchev–Trinajstić information content (AvgIpc) is 2.96. The fourth-order valence-corrected chi connectivity index (χ4v) is 7.98. The van der Waals surface area contributed by atoms with E-state index in [1.807, 2.05) is 0 Å². The molecular weight excluding hydrogens is 560 g/mol. The molecule has 2 saturated heterocycles. The van der Waals surface area contributed by atoms with Crippen molar-refractivity contribution in [3.63, 3.8) is 0 Å². The summed E-state index contributed by atoms with van der Waals surface area (Å²) in [5.41, 5.74) is -0.196. The third kappa shape index (κ3) is 6.38. The van der Waals surface area contributed by atoms with Crippen LogP contribution in [0.5, 0.6) is 0 Å². The number of aliphatic hydroxyl groups excluding tert-OH is 6. The van der Waals surface area contributed by atoms with E-state index in [0.717, 1.165) is 19.3 Å². The first-order chi connectivity index (χ1) is 20.0. The highest BCUT2D eigenvalue weighted by Gasteiger charge is 2.59. The Bertz CT molecular complexity index is 1000. The van der Waals surface area contributed by atoms with Gasteiger partial charge in [-0.1, -0.05) is 38.5 Å². The minimum Gasteiger partial charge on any atom is -0.394 e. The molecule has 0 aromatic carbocycles. The molecule has 0 radical (unpaired) electrons. The third-order valence-corrected chi connectivity index (χ3v) is 11.5. The maximum Gasteiger partial charge on any atom is 0.187 e. The van der Waals surface area contributed by atoms with Crippen LogP contribution in [0.4, 0.5) is 0 Å². The molecule has 4 rings (SSSR count). The van der Waals surface area contributed by atoms with E-state index < -0.39 is 73.6 Å². The monoisotopic (exact) mass is 614 g/mol. The van der Waals surface area contributed by atoms with E-state index in [2.05, 4.69) is 40.3 Å². The molecule has 3 fully saturated rings. The lowest BCUT2D eigenvalue weighted by Crippen LogP contribution is -2.65. The lowest BCUT2D eigenvalue weighted by Gasteiger charge is -2.61. The molecule has 2 heterocycles. The van der Waals surface area contributed by atoms with Gasteiger partial charge in [0, 0.05) is 5.41 Å². The van der Waals surface area contributed by atoms with Crippen molar-refractivity contribution < 1.29 is 54.7 Å². The molecule has 0 amide bonds. The van der Waals surface area contributed by atoms with Gasteiger partial charge in [-0.2, -0.15) is 0 Å². The van der Waals surface area contributed by atoms with E-state index >= 15 is 0 Å². The van der Waals surface area contributed by atoms with Crippen LogP contribution >= 0.6 is 0 Å². The predicted octanol–water partition coefficient (Wildman–Crippen LogP) is 1.15. The average molecular weight is 615 g/mol. The number of aliphatic hydroxyl groups is 7. The Morgan fingerprint density at radius 3 is 2.26 bits per heavy atom. The fraction of sp³-hybridized carbons (Fsp3) is 0.875. The van der Waals surface area contributed by atoms with Crippen molar-refractivity contribution in [3.8, 4) is 0 Å². The van der Waals surface area contributed by atoms with E-state index in [4.69, 9.17) is 18.9 Å². The van der Waals surface area contributed by atoms with E-state index in [0.29, 0.717) is 12.8 Å². The molecule has 0 aromatic rings. The molecule has 11 nitrogen and oxygen atoms in total. The maximum atomic E-state index is 11.2. The van der Waals surface area contributed by atoms with E-state index in [1.165, 1.54) is 5.57 Å². The van der Waals surface area contributed by atoms with Crippen LogP contribution in [0.3, 0.4) is 0 Å². The first-order valence-electron chi connectivity index (χ1n) is 15.7. The van der Waals surface area contributed by atoms with Gasteiger partial charge < -0.3 is 54.7 Å². The highest BCUT2D eigenvalue weighted by Crippen LogP contribution is 2.63. The molecule has 7 N–H and O–H groups in total. The Kier molecular flexibility index (Phi) is 10.6. The molecule has 2 aliphatic heterocycles. The number of hydrogen-bond acceptors (Lipinski definition) is 11. The number of hydrogen-bond donors (Lipinski definition) is 7. The van der Waals surface area contributed by atoms with Crippen molar-refractivity contribution in [1.82, 2.24) is 0 Å². The summed E-state index contributed by atoms with van der Waals surface area (Å²) in [6, 6.07) is 0. The van der Waals surface area contributed by atoms with Crippen molar-refractivity contribution in [1.29, 1.82) is 0 Å². The van der Waals surface area contributed by atoms with Gasteiger partial charge in [0.1, 0.15) is 42.7 Å². The highest BCUT2D eigenvalue weighted by atomic mass is 16.7. The predicted molar refractivity (Wildman–Crippen MR) is 156 cm³/mol. The molecule has 43 heavy (non-hydrogen) atoms. The standard InChI is InChI=1S/C32H54O11/c1-8-30(5,39)12-13-31(6)17(3)14-21(32(7)16(2)10-9-11-20(31)32)42-28-26(38)24(36)27(18(4)40-28)43-29-25(37)23(35)22(34)19(15-33)41-29/h8,10,17-29,33-39H,1,9,11-15H2,2-7H3/t17-,18+,19-,20-,21+,22-,23+,24+,25-,26-,27+,28+,29+,30-,31+,32+/m1/s1. The zero-order valence-corrected chi connectivity index (χ0v) is 26.4. The quantitative estimate of drug-likeness (QED) is 0.185. The van der Waals surface area contributed by atoms with Crippen molar-refractivity contribution >= 4 is 0 Å². The van der Waals surface area contributed by atoms with Gasteiger partial charge in [-0.25, -0.2) is 0 Å². The Labute approximate surface area is 255 Å².